The van der Waals surface area contributed by atoms with E-state index in [0.717, 1.165) is 16.8 Å². The Kier molecular flexibility index (Phi) is 4.25. The van der Waals surface area contributed by atoms with E-state index in [1.54, 1.807) is 24.3 Å². The van der Waals surface area contributed by atoms with Gasteiger partial charge in [-0.2, -0.15) is 0 Å². The Labute approximate surface area is 141 Å². The molecular formula is C19H20N2O3. The molecule has 1 N–H and O–H groups in total. The van der Waals surface area contributed by atoms with Crippen LogP contribution in [0.25, 0.3) is 0 Å². The Morgan fingerprint density at radius 3 is 2.58 bits per heavy atom. The summed E-state index contributed by atoms with van der Waals surface area (Å²) in [7, 11) is 1.52. The number of ether oxygens (including phenoxy) is 1. The van der Waals surface area contributed by atoms with E-state index >= 15 is 0 Å². The highest BCUT2D eigenvalue weighted by molar-refractivity contribution is 6.23. The number of nitrogens with one attached hydrogen (secondary N) is 1. The number of para-hydroxylation sites is 2. The Bertz CT molecular complexity index is 801. The van der Waals surface area contributed by atoms with Crippen molar-refractivity contribution >= 4 is 23.2 Å². The van der Waals surface area contributed by atoms with Crippen molar-refractivity contribution in [1.82, 2.24) is 0 Å². The van der Waals surface area contributed by atoms with Crippen molar-refractivity contribution in [3.05, 3.63) is 53.6 Å². The Balaban J connectivity index is 1.88. The molecule has 0 spiro atoms. The Morgan fingerprint density at radius 2 is 1.83 bits per heavy atom. The van der Waals surface area contributed by atoms with Gasteiger partial charge in [0, 0.05) is 5.69 Å². The molecule has 0 radical (unpaired) electrons. The second-order valence-corrected chi connectivity index (χ2v) is 5.89. The lowest BCUT2D eigenvalue weighted by molar-refractivity contribution is -0.121. The van der Waals surface area contributed by atoms with Gasteiger partial charge in [0.1, 0.15) is 11.8 Å². The zero-order valence-electron chi connectivity index (χ0n) is 14.0. The number of hydrogen-bond acceptors (Lipinski definition) is 4. The molecule has 1 fully saturated rings. The van der Waals surface area contributed by atoms with Gasteiger partial charge in [-0.1, -0.05) is 24.3 Å². The molecule has 0 bridgehead atoms. The number of anilines is 2. The summed E-state index contributed by atoms with van der Waals surface area (Å²) in [6, 6.07) is 12.3. The predicted octanol–water partition coefficient (Wildman–Crippen LogP) is 3.06. The minimum atomic E-state index is -0.567. The summed E-state index contributed by atoms with van der Waals surface area (Å²) < 4.78 is 5.28. The molecule has 1 saturated heterocycles. The first-order valence-corrected chi connectivity index (χ1v) is 7.85. The SMILES string of the molecule is COc1ccccc1N1C(=O)CC(Nc2cccc(C)c2C)C1=O. The van der Waals surface area contributed by atoms with Gasteiger partial charge >= 0.3 is 0 Å². The zero-order valence-corrected chi connectivity index (χ0v) is 14.0. The molecule has 1 aliphatic heterocycles. The van der Waals surface area contributed by atoms with Crippen LogP contribution in [0.4, 0.5) is 11.4 Å². The molecule has 1 unspecified atom stereocenters. The third kappa shape index (κ3) is 2.73. The first kappa shape index (κ1) is 16.1. The highest BCUT2D eigenvalue weighted by atomic mass is 16.5. The smallest absolute Gasteiger partial charge is 0.256 e. The maximum absolute atomic E-state index is 12.8. The highest BCUT2D eigenvalue weighted by Crippen LogP contribution is 2.33. The largest absolute Gasteiger partial charge is 0.495 e. The van der Waals surface area contributed by atoms with Gasteiger partial charge in [-0.25, -0.2) is 4.90 Å². The van der Waals surface area contributed by atoms with E-state index in [1.807, 2.05) is 32.0 Å². The van der Waals surface area contributed by atoms with Gasteiger partial charge in [0.15, 0.2) is 0 Å². The Morgan fingerprint density at radius 1 is 1.08 bits per heavy atom. The lowest BCUT2D eigenvalue weighted by Crippen LogP contribution is -2.35. The van der Waals surface area contributed by atoms with Crippen LogP contribution in [-0.4, -0.2) is 25.0 Å². The molecule has 0 aliphatic carbocycles. The van der Waals surface area contributed by atoms with E-state index < -0.39 is 6.04 Å². The van der Waals surface area contributed by atoms with Crippen LogP contribution in [0, 0.1) is 13.8 Å². The summed E-state index contributed by atoms with van der Waals surface area (Å²) in [4.78, 5) is 26.4. The maximum Gasteiger partial charge on any atom is 0.256 e. The molecule has 124 valence electrons. The monoisotopic (exact) mass is 324 g/mol. The van der Waals surface area contributed by atoms with Gasteiger partial charge in [-0.15, -0.1) is 0 Å². The van der Waals surface area contributed by atoms with E-state index in [-0.39, 0.29) is 18.2 Å². The summed E-state index contributed by atoms with van der Waals surface area (Å²) in [6.07, 6.45) is 0.129. The van der Waals surface area contributed by atoms with E-state index in [9.17, 15) is 9.59 Å². The number of benzene rings is 2. The Hall–Kier alpha value is -2.82. The van der Waals surface area contributed by atoms with Crippen LogP contribution >= 0.6 is 0 Å². The fourth-order valence-corrected chi connectivity index (χ4v) is 2.91. The lowest BCUT2D eigenvalue weighted by atomic mass is 10.1. The number of aryl methyl sites for hydroxylation is 1. The molecule has 0 aromatic heterocycles. The molecule has 5 heteroatoms. The third-order valence-corrected chi connectivity index (χ3v) is 4.41. The number of carbonyl (C=O) groups is 2. The molecule has 2 amide bonds. The van der Waals surface area contributed by atoms with Crippen molar-refractivity contribution in [2.75, 3.05) is 17.3 Å². The van der Waals surface area contributed by atoms with Crippen molar-refractivity contribution in [2.24, 2.45) is 0 Å². The molecule has 0 saturated carbocycles. The van der Waals surface area contributed by atoms with Crippen LogP contribution in [0.5, 0.6) is 5.75 Å². The van der Waals surface area contributed by atoms with Crippen LogP contribution in [-0.2, 0) is 9.59 Å². The normalized spacial score (nSPS) is 17.3. The maximum atomic E-state index is 12.8. The van der Waals surface area contributed by atoms with Gasteiger partial charge in [0.2, 0.25) is 5.91 Å². The van der Waals surface area contributed by atoms with Crippen LogP contribution in [0.15, 0.2) is 42.5 Å². The molecule has 1 atom stereocenters. The summed E-state index contributed by atoms with van der Waals surface area (Å²) in [6.45, 7) is 4.01. The summed E-state index contributed by atoms with van der Waals surface area (Å²) in [5, 5.41) is 3.21. The van der Waals surface area contributed by atoms with E-state index in [4.69, 9.17) is 4.74 Å². The van der Waals surface area contributed by atoms with Crippen LogP contribution < -0.4 is 15.0 Å². The van der Waals surface area contributed by atoms with E-state index in [0.29, 0.717) is 11.4 Å². The van der Waals surface area contributed by atoms with Crippen molar-refractivity contribution in [3.63, 3.8) is 0 Å². The van der Waals surface area contributed by atoms with Crippen LogP contribution in [0.1, 0.15) is 17.5 Å². The van der Waals surface area contributed by atoms with Gasteiger partial charge < -0.3 is 10.1 Å². The van der Waals surface area contributed by atoms with Gasteiger partial charge in [0.05, 0.1) is 19.2 Å². The third-order valence-electron chi connectivity index (χ3n) is 4.41. The van der Waals surface area contributed by atoms with E-state index in [2.05, 4.69) is 5.32 Å². The zero-order chi connectivity index (χ0) is 17.3. The molecule has 2 aromatic carbocycles. The molecule has 2 aromatic rings. The number of imide groups is 1. The summed E-state index contributed by atoms with van der Waals surface area (Å²) in [5.74, 6) is 0.0179. The predicted molar refractivity (Wildman–Crippen MR) is 93.4 cm³/mol. The van der Waals surface area contributed by atoms with Gasteiger partial charge in [-0.3, -0.25) is 9.59 Å². The topological polar surface area (TPSA) is 58.6 Å². The molecule has 5 nitrogen and oxygen atoms in total. The quantitative estimate of drug-likeness (QED) is 0.878. The van der Waals surface area contributed by atoms with Gasteiger partial charge in [-0.05, 0) is 43.2 Å². The highest BCUT2D eigenvalue weighted by Gasteiger charge is 2.40. The number of methoxy groups -OCH3 is 1. The van der Waals surface area contributed by atoms with Crippen molar-refractivity contribution in [3.8, 4) is 5.75 Å². The van der Waals surface area contributed by atoms with Crippen molar-refractivity contribution in [2.45, 2.75) is 26.3 Å². The number of nitrogens with zero attached hydrogens (tertiary/aromatic N) is 1. The first-order valence-electron chi connectivity index (χ1n) is 7.85. The van der Waals surface area contributed by atoms with Crippen molar-refractivity contribution in [1.29, 1.82) is 0 Å². The second kappa shape index (κ2) is 6.35. The van der Waals surface area contributed by atoms with Crippen LogP contribution in [0.2, 0.25) is 0 Å². The average molecular weight is 324 g/mol. The molecule has 3 rings (SSSR count). The molecule has 1 aliphatic rings. The fraction of sp³-hybridized carbons (Fsp3) is 0.263. The fourth-order valence-electron chi connectivity index (χ4n) is 2.91. The minimum Gasteiger partial charge on any atom is -0.495 e. The minimum absolute atomic E-state index is 0.129. The molecule has 24 heavy (non-hydrogen) atoms. The number of rotatable bonds is 4. The van der Waals surface area contributed by atoms with Gasteiger partial charge in [0.25, 0.3) is 5.91 Å². The number of hydrogen-bond donors (Lipinski definition) is 1. The first-order chi connectivity index (χ1) is 11.5. The second-order valence-electron chi connectivity index (χ2n) is 5.89. The number of carbonyl (C=O) groups excluding carboxylic acids is 2. The average Bonchev–Trinajstić information content (AvgIpc) is 2.85. The van der Waals surface area contributed by atoms with Crippen LogP contribution in [0.3, 0.4) is 0 Å². The molecule has 1 heterocycles. The standard InChI is InChI=1S/C19H20N2O3/c1-12-7-6-8-14(13(12)2)20-15-11-18(22)21(19(15)23)16-9-4-5-10-17(16)24-3/h4-10,15,20H,11H2,1-3H3. The number of amides is 2. The molecular weight excluding hydrogens is 304 g/mol. The summed E-state index contributed by atoms with van der Waals surface area (Å²) in [5.41, 5.74) is 3.58. The lowest BCUT2D eigenvalue weighted by Gasteiger charge is -2.19. The van der Waals surface area contributed by atoms with E-state index in [1.165, 1.54) is 12.0 Å². The summed E-state index contributed by atoms with van der Waals surface area (Å²) >= 11 is 0. The van der Waals surface area contributed by atoms with Crippen molar-refractivity contribution < 1.29 is 14.3 Å².